The summed E-state index contributed by atoms with van der Waals surface area (Å²) in [5.41, 5.74) is -0.627. The summed E-state index contributed by atoms with van der Waals surface area (Å²) in [6.45, 7) is 0. The van der Waals surface area contributed by atoms with Gasteiger partial charge in [0.15, 0.2) is 11.5 Å². The van der Waals surface area contributed by atoms with Crippen LogP contribution in [0.4, 0.5) is 24.7 Å². The molecule has 0 spiro atoms. The molecule has 9 heteroatoms. The highest BCUT2D eigenvalue weighted by Gasteiger charge is 2.33. The number of nitrogens with zero attached hydrogens (tertiary/aromatic N) is 2. The van der Waals surface area contributed by atoms with Crippen molar-refractivity contribution in [1.82, 2.24) is 15.5 Å². The van der Waals surface area contributed by atoms with Gasteiger partial charge in [-0.15, -0.1) is 10.2 Å². The summed E-state index contributed by atoms with van der Waals surface area (Å²) in [6.07, 6.45) is -2.64. The number of halogens is 4. The molecule has 1 aliphatic carbocycles. The van der Waals surface area contributed by atoms with Crippen molar-refractivity contribution < 1.29 is 18.0 Å². The molecular formula is C15H12ClF3N4O. The summed E-state index contributed by atoms with van der Waals surface area (Å²) < 4.78 is 38.5. The predicted octanol–water partition coefficient (Wildman–Crippen LogP) is 3.78. The second-order valence-electron chi connectivity index (χ2n) is 5.37. The van der Waals surface area contributed by atoms with E-state index in [1.807, 2.05) is 0 Å². The number of hydrogen-bond acceptors (Lipinski definition) is 4. The van der Waals surface area contributed by atoms with Crippen LogP contribution in [0.25, 0.3) is 0 Å². The Balaban J connectivity index is 1.73. The van der Waals surface area contributed by atoms with Crippen molar-refractivity contribution in [2.45, 2.75) is 25.1 Å². The third kappa shape index (κ3) is 3.94. The number of nitrogens with one attached hydrogen (secondary N) is 2. The molecule has 0 atom stereocenters. The highest BCUT2D eigenvalue weighted by Crippen LogP contribution is 2.36. The molecule has 1 heterocycles. The maximum absolute atomic E-state index is 12.8. The van der Waals surface area contributed by atoms with Crippen molar-refractivity contribution in [2.24, 2.45) is 0 Å². The average Bonchev–Trinajstić information content (AvgIpc) is 3.33. The van der Waals surface area contributed by atoms with Gasteiger partial charge in [-0.25, -0.2) is 0 Å². The lowest BCUT2D eigenvalue weighted by atomic mass is 10.2. The van der Waals surface area contributed by atoms with E-state index in [9.17, 15) is 18.0 Å². The molecule has 1 aromatic carbocycles. The summed E-state index contributed by atoms with van der Waals surface area (Å²) in [5.74, 6) is -0.101. The first-order valence-electron chi connectivity index (χ1n) is 7.11. The number of amides is 1. The van der Waals surface area contributed by atoms with Gasteiger partial charge in [0, 0.05) is 11.7 Å². The van der Waals surface area contributed by atoms with Gasteiger partial charge in [0.25, 0.3) is 5.91 Å². The summed E-state index contributed by atoms with van der Waals surface area (Å²) in [5, 5.41) is 12.7. The first kappa shape index (κ1) is 16.5. The zero-order valence-electron chi connectivity index (χ0n) is 12.2. The van der Waals surface area contributed by atoms with Gasteiger partial charge in [-0.1, -0.05) is 11.6 Å². The van der Waals surface area contributed by atoms with Crippen LogP contribution in [0.1, 0.15) is 28.9 Å². The number of aromatic nitrogens is 2. The molecule has 2 aromatic rings. The molecule has 1 amide bonds. The van der Waals surface area contributed by atoms with E-state index in [0.717, 1.165) is 25.0 Å². The van der Waals surface area contributed by atoms with Crippen molar-refractivity contribution in [2.75, 3.05) is 5.32 Å². The zero-order chi connectivity index (χ0) is 17.3. The van der Waals surface area contributed by atoms with E-state index in [2.05, 4.69) is 20.8 Å². The Morgan fingerprint density at radius 3 is 2.50 bits per heavy atom. The third-order valence-corrected chi connectivity index (χ3v) is 3.68. The van der Waals surface area contributed by atoms with E-state index in [4.69, 9.17) is 11.6 Å². The molecule has 1 aliphatic rings. The second kappa shape index (κ2) is 6.27. The molecule has 2 N–H and O–H groups in total. The van der Waals surface area contributed by atoms with Crippen molar-refractivity contribution >= 4 is 29.0 Å². The number of benzene rings is 1. The summed E-state index contributed by atoms with van der Waals surface area (Å²) in [4.78, 5) is 11.8. The smallest absolute Gasteiger partial charge is 0.348 e. The lowest BCUT2D eigenvalue weighted by molar-refractivity contribution is -0.137. The van der Waals surface area contributed by atoms with Gasteiger partial charge >= 0.3 is 6.18 Å². The first-order chi connectivity index (χ1) is 11.3. The Kier molecular flexibility index (Phi) is 4.31. The minimum absolute atomic E-state index is 0.152. The number of carbonyl (C=O) groups excluding carboxylic acids is 1. The average molecular weight is 357 g/mol. The molecule has 0 unspecified atom stereocenters. The molecule has 1 fully saturated rings. The molecule has 0 radical (unpaired) electrons. The van der Waals surface area contributed by atoms with Gasteiger partial charge in [-0.2, -0.15) is 13.2 Å². The SMILES string of the molecule is O=C(NC1CC1)c1ccc(Nc2ccc(Cl)c(C(F)(F)F)c2)nn1. The summed E-state index contributed by atoms with van der Waals surface area (Å²) >= 11 is 5.57. The van der Waals surface area contributed by atoms with Crippen LogP contribution in [0, 0.1) is 0 Å². The molecule has 0 aliphatic heterocycles. The highest BCUT2D eigenvalue weighted by molar-refractivity contribution is 6.31. The molecule has 3 rings (SSSR count). The maximum Gasteiger partial charge on any atom is 0.417 e. The van der Waals surface area contributed by atoms with Crippen molar-refractivity contribution in [3.05, 3.63) is 46.6 Å². The molecular weight excluding hydrogens is 345 g/mol. The Morgan fingerprint density at radius 2 is 1.92 bits per heavy atom. The monoisotopic (exact) mass is 356 g/mol. The highest BCUT2D eigenvalue weighted by atomic mass is 35.5. The quantitative estimate of drug-likeness (QED) is 0.874. The van der Waals surface area contributed by atoms with Crippen molar-refractivity contribution in [1.29, 1.82) is 0 Å². The van der Waals surface area contributed by atoms with E-state index in [1.54, 1.807) is 0 Å². The lowest BCUT2D eigenvalue weighted by Crippen LogP contribution is -2.26. The van der Waals surface area contributed by atoms with E-state index in [1.165, 1.54) is 18.2 Å². The number of alkyl halides is 3. The first-order valence-corrected chi connectivity index (χ1v) is 7.49. The van der Waals surface area contributed by atoms with Crippen LogP contribution in [-0.4, -0.2) is 22.1 Å². The Hall–Kier alpha value is -2.35. The van der Waals surface area contributed by atoms with Crippen LogP contribution in [0.2, 0.25) is 5.02 Å². The second-order valence-corrected chi connectivity index (χ2v) is 5.78. The van der Waals surface area contributed by atoms with Gasteiger partial charge in [-0.05, 0) is 43.2 Å². The third-order valence-electron chi connectivity index (χ3n) is 3.35. The summed E-state index contributed by atoms with van der Waals surface area (Å²) in [6, 6.07) is 6.55. The number of anilines is 2. The van der Waals surface area contributed by atoms with Crippen LogP contribution in [0.15, 0.2) is 30.3 Å². The molecule has 1 aromatic heterocycles. The minimum Gasteiger partial charge on any atom is -0.348 e. The minimum atomic E-state index is -4.55. The number of rotatable bonds is 4. The van der Waals surface area contributed by atoms with Crippen LogP contribution in [0.3, 0.4) is 0 Å². The van der Waals surface area contributed by atoms with Crippen molar-refractivity contribution in [3.8, 4) is 0 Å². The summed E-state index contributed by atoms with van der Waals surface area (Å²) in [7, 11) is 0. The van der Waals surface area contributed by atoms with E-state index in [0.29, 0.717) is 0 Å². The largest absolute Gasteiger partial charge is 0.417 e. The zero-order valence-corrected chi connectivity index (χ0v) is 12.9. The maximum atomic E-state index is 12.8. The van der Waals surface area contributed by atoms with Gasteiger partial charge in [-0.3, -0.25) is 4.79 Å². The molecule has 5 nitrogen and oxygen atoms in total. The fraction of sp³-hybridized carbons (Fsp3) is 0.267. The topological polar surface area (TPSA) is 66.9 Å². The lowest BCUT2D eigenvalue weighted by Gasteiger charge is -2.12. The van der Waals surface area contributed by atoms with Gasteiger partial charge in [0.2, 0.25) is 0 Å². The Bertz CT molecular complexity index is 760. The standard InChI is InChI=1S/C15H12ClF3N4O/c16-11-4-3-9(7-10(11)15(17,18)19)20-13-6-5-12(22-23-13)14(24)21-8-1-2-8/h3-8H,1-2H2,(H,20,23)(H,21,24). The van der Waals surface area contributed by atoms with Crippen LogP contribution >= 0.6 is 11.6 Å². The van der Waals surface area contributed by atoms with E-state index >= 15 is 0 Å². The van der Waals surface area contributed by atoms with Gasteiger partial charge < -0.3 is 10.6 Å². The van der Waals surface area contributed by atoms with Crippen molar-refractivity contribution in [3.63, 3.8) is 0 Å². The molecule has 126 valence electrons. The predicted molar refractivity (Wildman–Crippen MR) is 82.3 cm³/mol. The van der Waals surface area contributed by atoms with Crippen LogP contribution < -0.4 is 10.6 Å². The molecule has 1 saturated carbocycles. The van der Waals surface area contributed by atoms with Gasteiger partial charge in [0.05, 0.1) is 10.6 Å². The number of hydrogen-bond donors (Lipinski definition) is 2. The number of carbonyl (C=O) groups is 1. The van der Waals surface area contributed by atoms with Crippen LogP contribution in [-0.2, 0) is 6.18 Å². The molecule has 0 saturated heterocycles. The molecule has 0 bridgehead atoms. The molecule has 24 heavy (non-hydrogen) atoms. The Morgan fingerprint density at radius 1 is 1.17 bits per heavy atom. The van der Waals surface area contributed by atoms with E-state index < -0.39 is 11.7 Å². The van der Waals surface area contributed by atoms with Crippen LogP contribution in [0.5, 0.6) is 0 Å². The van der Waals surface area contributed by atoms with Gasteiger partial charge in [0.1, 0.15) is 0 Å². The van der Waals surface area contributed by atoms with E-state index in [-0.39, 0.29) is 34.2 Å². The normalized spacial score (nSPS) is 14.3. The fourth-order valence-electron chi connectivity index (χ4n) is 1.98. The Labute approximate surface area is 140 Å². The fourth-order valence-corrected chi connectivity index (χ4v) is 2.20.